The highest BCUT2D eigenvalue weighted by Crippen LogP contribution is 2.21. The van der Waals surface area contributed by atoms with Gasteiger partial charge in [0, 0.05) is 10.9 Å². The van der Waals surface area contributed by atoms with Gasteiger partial charge >= 0.3 is 0 Å². The van der Waals surface area contributed by atoms with Gasteiger partial charge in [-0.05, 0) is 57.0 Å². The van der Waals surface area contributed by atoms with Crippen LogP contribution in [-0.2, 0) is 10.8 Å². The molecule has 0 aliphatic carbocycles. The molecule has 0 heterocycles. The molecule has 0 fully saturated rings. The van der Waals surface area contributed by atoms with E-state index in [9.17, 15) is 4.21 Å². The molecular formula is C16H27NOS. The first kappa shape index (κ1) is 16.4. The fourth-order valence-electron chi connectivity index (χ4n) is 2.43. The maximum Gasteiger partial charge on any atom is 0.0576 e. The van der Waals surface area contributed by atoms with Crippen LogP contribution in [0.25, 0.3) is 0 Å². The standard InChI is InChI=1S/C16H27NOS/c1-6-8-15(17-5)16(7-2)19(18)14-10-9-12(3)13(4)11-14/h9-11,15-17H,6-8H2,1-5H3. The Morgan fingerprint density at radius 3 is 2.37 bits per heavy atom. The minimum Gasteiger partial charge on any atom is -0.316 e. The van der Waals surface area contributed by atoms with Gasteiger partial charge in [-0.15, -0.1) is 0 Å². The minimum atomic E-state index is -0.934. The second-order valence-corrected chi connectivity index (χ2v) is 6.85. The molecule has 1 aromatic carbocycles. The Morgan fingerprint density at radius 1 is 1.21 bits per heavy atom. The first-order chi connectivity index (χ1) is 9.04. The lowest BCUT2D eigenvalue weighted by Gasteiger charge is -2.25. The van der Waals surface area contributed by atoms with Crippen molar-refractivity contribution in [3.63, 3.8) is 0 Å². The van der Waals surface area contributed by atoms with Crippen molar-refractivity contribution in [3.8, 4) is 0 Å². The van der Waals surface area contributed by atoms with Crippen LogP contribution in [-0.4, -0.2) is 22.5 Å². The summed E-state index contributed by atoms with van der Waals surface area (Å²) in [5, 5.41) is 3.52. The highest BCUT2D eigenvalue weighted by Gasteiger charge is 2.24. The molecule has 108 valence electrons. The van der Waals surface area contributed by atoms with Gasteiger partial charge in [0.15, 0.2) is 0 Å². The summed E-state index contributed by atoms with van der Waals surface area (Å²) in [6, 6.07) is 6.49. The van der Waals surface area contributed by atoms with E-state index in [1.165, 1.54) is 11.1 Å². The number of hydrogen-bond donors (Lipinski definition) is 1. The first-order valence-electron chi connectivity index (χ1n) is 7.20. The van der Waals surface area contributed by atoms with Gasteiger partial charge in [-0.3, -0.25) is 4.21 Å². The van der Waals surface area contributed by atoms with Crippen LogP contribution in [0.3, 0.4) is 0 Å². The Morgan fingerprint density at radius 2 is 1.89 bits per heavy atom. The van der Waals surface area contributed by atoms with E-state index in [0.717, 1.165) is 24.2 Å². The maximum absolute atomic E-state index is 12.8. The van der Waals surface area contributed by atoms with Crippen molar-refractivity contribution in [2.45, 2.75) is 63.1 Å². The van der Waals surface area contributed by atoms with E-state index in [0.29, 0.717) is 6.04 Å². The lowest BCUT2D eigenvalue weighted by molar-refractivity contribution is 0.481. The molecule has 1 rings (SSSR count). The summed E-state index contributed by atoms with van der Waals surface area (Å²) in [5.41, 5.74) is 2.48. The Labute approximate surface area is 120 Å². The van der Waals surface area contributed by atoms with Crippen molar-refractivity contribution in [3.05, 3.63) is 29.3 Å². The second-order valence-electron chi connectivity index (χ2n) is 5.17. The zero-order valence-corrected chi connectivity index (χ0v) is 13.6. The SMILES string of the molecule is CCCC(NC)C(CC)S(=O)c1ccc(C)c(C)c1. The highest BCUT2D eigenvalue weighted by atomic mass is 32.2. The highest BCUT2D eigenvalue weighted by molar-refractivity contribution is 7.85. The smallest absolute Gasteiger partial charge is 0.0576 e. The average molecular weight is 281 g/mol. The van der Waals surface area contributed by atoms with E-state index in [-0.39, 0.29) is 5.25 Å². The predicted octanol–water partition coefficient (Wildman–Crippen LogP) is 3.58. The molecule has 1 aromatic rings. The van der Waals surface area contributed by atoms with Crippen molar-refractivity contribution in [1.29, 1.82) is 0 Å². The van der Waals surface area contributed by atoms with Crippen molar-refractivity contribution in [1.82, 2.24) is 5.32 Å². The monoisotopic (exact) mass is 281 g/mol. The average Bonchev–Trinajstić information content (AvgIpc) is 2.41. The fourth-order valence-corrected chi connectivity index (χ4v) is 4.14. The maximum atomic E-state index is 12.8. The van der Waals surface area contributed by atoms with Crippen LogP contribution >= 0.6 is 0 Å². The minimum absolute atomic E-state index is 0.187. The lowest BCUT2D eigenvalue weighted by atomic mass is 10.1. The molecule has 0 saturated heterocycles. The van der Waals surface area contributed by atoms with Crippen LogP contribution in [0.1, 0.15) is 44.2 Å². The number of hydrogen-bond acceptors (Lipinski definition) is 2. The van der Waals surface area contributed by atoms with Gasteiger partial charge in [0.25, 0.3) is 0 Å². The van der Waals surface area contributed by atoms with Gasteiger partial charge in [0.1, 0.15) is 0 Å². The number of nitrogens with one attached hydrogen (secondary N) is 1. The van der Waals surface area contributed by atoms with Gasteiger partial charge in [0.2, 0.25) is 0 Å². The van der Waals surface area contributed by atoms with Gasteiger partial charge < -0.3 is 5.32 Å². The molecule has 0 aliphatic heterocycles. The van der Waals surface area contributed by atoms with Crippen LogP contribution < -0.4 is 5.32 Å². The molecule has 0 spiro atoms. The number of aryl methyl sites for hydroxylation is 2. The van der Waals surface area contributed by atoms with E-state index in [4.69, 9.17) is 0 Å². The number of rotatable bonds is 7. The van der Waals surface area contributed by atoms with Crippen molar-refractivity contribution in [2.75, 3.05) is 7.05 Å². The van der Waals surface area contributed by atoms with E-state index < -0.39 is 10.8 Å². The van der Waals surface area contributed by atoms with E-state index >= 15 is 0 Å². The van der Waals surface area contributed by atoms with Gasteiger partial charge in [-0.25, -0.2) is 0 Å². The largest absolute Gasteiger partial charge is 0.316 e. The van der Waals surface area contributed by atoms with Gasteiger partial charge in [0.05, 0.1) is 16.0 Å². The molecule has 0 saturated carbocycles. The Bertz CT molecular complexity index is 431. The summed E-state index contributed by atoms with van der Waals surface area (Å²) >= 11 is 0. The molecule has 0 aromatic heterocycles. The molecular weight excluding hydrogens is 254 g/mol. The van der Waals surface area contributed by atoms with Crippen molar-refractivity contribution < 1.29 is 4.21 Å². The Balaban J connectivity index is 2.97. The van der Waals surface area contributed by atoms with Gasteiger partial charge in [-0.2, -0.15) is 0 Å². The Hall–Kier alpha value is -0.670. The molecule has 3 heteroatoms. The normalized spacial score (nSPS) is 16.1. The predicted molar refractivity (Wildman–Crippen MR) is 84.2 cm³/mol. The molecule has 0 radical (unpaired) electrons. The Kier molecular flexibility index (Phi) is 6.73. The third-order valence-electron chi connectivity index (χ3n) is 3.81. The summed E-state index contributed by atoms with van der Waals surface area (Å²) in [4.78, 5) is 0.964. The molecule has 0 bridgehead atoms. The molecule has 19 heavy (non-hydrogen) atoms. The van der Waals surface area contributed by atoms with Crippen LogP contribution in [0.15, 0.2) is 23.1 Å². The first-order valence-corrected chi connectivity index (χ1v) is 8.41. The second kappa shape index (κ2) is 7.81. The van der Waals surface area contributed by atoms with E-state index in [2.05, 4.69) is 45.1 Å². The quantitative estimate of drug-likeness (QED) is 0.827. The molecule has 0 amide bonds. The van der Waals surface area contributed by atoms with Crippen LogP contribution in [0.4, 0.5) is 0 Å². The number of benzene rings is 1. The van der Waals surface area contributed by atoms with Crippen LogP contribution in [0.5, 0.6) is 0 Å². The molecule has 2 nitrogen and oxygen atoms in total. The fraction of sp³-hybridized carbons (Fsp3) is 0.625. The third kappa shape index (κ3) is 4.15. The topological polar surface area (TPSA) is 29.1 Å². The third-order valence-corrected chi connectivity index (χ3v) is 5.74. The summed E-state index contributed by atoms with van der Waals surface area (Å²) in [5.74, 6) is 0. The van der Waals surface area contributed by atoms with Crippen molar-refractivity contribution in [2.24, 2.45) is 0 Å². The summed E-state index contributed by atoms with van der Waals surface area (Å²) in [6.07, 6.45) is 3.13. The lowest BCUT2D eigenvalue weighted by Crippen LogP contribution is -2.39. The van der Waals surface area contributed by atoms with E-state index in [1.54, 1.807) is 0 Å². The molecule has 0 aliphatic rings. The van der Waals surface area contributed by atoms with Crippen LogP contribution in [0.2, 0.25) is 0 Å². The summed E-state index contributed by atoms with van der Waals surface area (Å²) < 4.78 is 12.8. The van der Waals surface area contributed by atoms with Crippen molar-refractivity contribution >= 4 is 10.8 Å². The zero-order chi connectivity index (χ0) is 14.4. The zero-order valence-electron chi connectivity index (χ0n) is 12.8. The molecule has 3 atom stereocenters. The molecule has 1 N–H and O–H groups in total. The summed E-state index contributed by atoms with van der Waals surface area (Å²) in [7, 11) is 1.04. The van der Waals surface area contributed by atoms with Crippen LogP contribution in [0, 0.1) is 13.8 Å². The van der Waals surface area contributed by atoms with Gasteiger partial charge in [-0.1, -0.05) is 26.3 Å². The summed E-state index contributed by atoms with van der Waals surface area (Å²) in [6.45, 7) is 8.48. The van der Waals surface area contributed by atoms with E-state index in [1.807, 2.05) is 13.1 Å². The molecule has 3 unspecified atom stereocenters.